The van der Waals surface area contributed by atoms with Crippen LogP contribution in [0.2, 0.25) is 0 Å². The van der Waals surface area contributed by atoms with Gasteiger partial charge in [-0.25, -0.2) is 0 Å². The zero-order chi connectivity index (χ0) is 16.0. The Morgan fingerprint density at radius 2 is 2.17 bits per heavy atom. The fourth-order valence-electron chi connectivity index (χ4n) is 3.19. The summed E-state index contributed by atoms with van der Waals surface area (Å²) in [6.07, 6.45) is 2.80. The van der Waals surface area contributed by atoms with Crippen LogP contribution in [0.1, 0.15) is 16.8 Å². The van der Waals surface area contributed by atoms with Gasteiger partial charge in [0.1, 0.15) is 0 Å². The van der Waals surface area contributed by atoms with Gasteiger partial charge in [0.2, 0.25) is 0 Å². The van der Waals surface area contributed by atoms with Gasteiger partial charge >= 0.3 is 0 Å². The fourth-order valence-corrected chi connectivity index (χ4v) is 3.77. The zero-order valence-electron chi connectivity index (χ0n) is 12.3. The number of nitrogens with zero attached hydrogens (tertiary/aromatic N) is 1. The first-order chi connectivity index (χ1) is 11.1. The van der Waals surface area contributed by atoms with E-state index in [-0.39, 0.29) is 5.56 Å². The van der Waals surface area contributed by atoms with Crippen LogP contribution >= 0.6 is 28.1 Å². The van der Waals surface area contributed by atoms with Crippen molar-refractivity contribution in [1.29, 1.82) is 0 Å². The van der Waals surface area contributed by atoms with Gasteiger partial charge in [-0.15, -0.1) is 0 Å². The molecule has 1 aromatic carbocycles. The molecule has 0 atom stereocenters. The maximum absolute atomic E-state index is 11.9. The summed E-state index contributed by atoms with van der Waals surface area (Å²) in [5.74, 6) is 0. The van der Waals surface area contributed by atoms with Gasteiger partial charge in [0.25, 0.3) is 5.56 Å². The maximum Gasteiger partial charge on any atom is 0.255 e. The molecule has 0 amide bonds. The van der Waals surface area contributed by atoms with E-state index >= 15 is 0 Å². The van der Waals surface area contributed by atoms with E-state index in [4.69, 9.17) is 12.2 Å². The van der Waals surface area contributed by atoms with E-state index in [9.17, 15) is 4.79 Å². The Balaban J connectivity index is 1.63. The van der Waals surface area contributed by atoms with E-state index in [0.717, 1.165) is 40.8 Å². The summed E-state index contributed by atoms with van der Waals surface area (Å²) in [7, 11) is 0. The third-order valence-corrected chi connectivity index (χ3v) is 5.01. The van der Waals surface area contributed by atoms with Crippen LogP contribution in [0, 0.1) is 4.77 Å². The summed E-state index contributed by atoms with van der Waals surface area (Å²) < 4.78 is 1.47. The molecule has 3 aromatic rings. The van der Waals surface area contributed by atoms with Crippen LogP contribution in [0.15, 0.2) is 33.7 Å². The van der Waals surface area contributed by atoms with Crippen LogP contribution in [0.3, 0.4) is 0 Å². The highest BCUT2D eigenvalue weighted by Gasteiger charge is 2.20. The highest BCUT2D eigenvalue weighted by molar-refractivity contribution is 9.10. The summed E-state index contributed by atoms with van der Waals surface area (Å²) >= 11 is 8.61. The van der Waals surface area contributed by atoms with Crippen molar-refractivity contribution in [3.8, 4) is 0 Å². The molecule has 0 fully saturated rings. The minimum atomic E-state index is -0.0561. The molecule has 4 rings (SSSR count). The number of nitrogens with one attached hydrogen (secondary N) is 3. The average molecular weight is 391 g/mol. The Hall–Kier alpha value is -1.70. The quantitative estimate of drug-likeness (QED) is 0.588. The molecule has 2 aromatic heterocycles. The lowest BCUT2D eigenvalue weighted by molar-refractivity contribution is 0.241. The molecule has 0 bridgehead atoms. The Labute approximate surface area is 145 Å². The normalized spacial score (nSPS) is 15.0. The summed E-state index contributed by atoms with van der Waals surface area (Å²) in [5, 5.41) is 1.23. The third-order valence-electron chi connectivity index (χ3n) is 4.31. The van der Waals surface area contributed by atoms with E-state index in [0.29, 0.717) is 11.3 Å². The van der Waals surface area contributed by atoms with E-state index in [1.807, 2.05) is 6.07 Å². The van der Waals surface area contributed by atoms with Gasteiger partial charge < -0.3 is 9.97 Å². The number of hydrogen-bond donors (Lipinski definition) is 3. The molecule has 23 heavy (non-hydrogen) atoms. The van der Waals surface area contributed by atoms with Crippen LogP contribution in [0.5, 0.6) is 0 Å². The molecule has 0 aliphatic carbocycles. The Kier molecular flexibility index (Phi) is 3.71. The summed E-state index contributed by atoms with van der Waals surface area (Å²) in [6, 6.07) is 6.24. The predicted octanol–water partition coefficient (Wildman–Crippen LogP) is 3.23. The Morgan fingerprint density at radius 3 is 3.04 bits per heavy atom. The highest BCUT2D eigenvalue weighted by atomic mass is 79.9. The molecule has 0 radical (unpaired) electrons. The molecule has 118 valence electrons. The van der Waals surface area contributed by atoms with Crippen molar-refractivity contribution < 1.29 is 0 Å². The van der Waals surface area contributed by atoms with Gasteiger partial charge in [0, 0.05) is 52.5 Å². The second kappa shape index (κ2) is 5.74. The van der Waals surface area contributed by atoms with Gasteiger partial charge in [-0.2, -0.15) is 0 Å². The van der Waals surface area contributed by atoms with Crippen molar-refractivity contribution in [2.75, 3.05) is 6.54 Å². The van der Waals surface area contributed by atoms with Crippen molar-refractivity contribution in [2.24, 2.45) is 0 Å². The number of aromatic amines is 3. The van der Waals surface area contributed by atoms with Crippen molar-refractivity contribution in [1.82, 2.24) is 19.9 Å². The minimum absolute atomic E-state index is 0.0561. The molecule has 0 spiro atoms. The van der Waals surface area contributed by atoms with Crippen molar-refractivity contribution in [3.63, 3.8) is 0 Å². The average Bonchev–Trinajstić information content (AvgIpc) is 2.89. The molecule has 7 heteroatoms. The van der Waals surface area contributed by atoms with Crippen LogP contribution in [0.4, 0.5) is 0 Å². The SMILES string of the molecule is O=c1[nH]c(=S)[nH]c2c1CCN(Cc1c[nH]c3ccc(Br)cc13)C2. The molecule has 3 N–H and O–H groups in total. The largest absolute Gasteiger partial charge is 0.361 e. The van der Waals surface area contributed by atoms with Crippen LogP contribution in [0.25, 0.3) is 10.9 Å². The second-order valence-electron chi connectivity index (χ2n) is 5.83. The van der Waals surface area contributed by atoms with Crippen LogP contribution in [-0.2, 0) is 19.5 Å². The van der Waals surface area contributed by atoms with Gasteiger partial charge in [-0.3, -0.25) is 14.7 Å². The van der Waals surface area contributed by atoms with E-state index in [1.165, 1.54) is 10.9 Å². The van der Waals surface area contributed by atoms with E-state index in [1.54, 1.807) is 0 Å². The van der Waals surface area contributed by atoms with Crippen molar-refractivity contribution in [2.45, 2.75) is 19.5 Å². The molecule has 0 saturated carbocycles. The third kappa shape index (κ3) is 2.80. The Morgan fingerprint density at radius 1 is 1.30 bits per heavy atom. The van der Waals surface area contributed by atoms with E-state index < -0.39 is 0 Å². The second-order valence-corrected chi connectivity index (χ2v) is 7.15. The van der Waals surface area contributed by atoms with Crippen molar-refractivity contribution >= 4 is 39.1 Å². The zero-order valence-corrected chi connectivity index (χ0v) is 14.7. The molecule has 5 nitrogen and oxygen atoms in total. The summed E-state index contributed by atoms with van der Waals surface area (Å²) in [5.41, 5.74) is 4.10. The number of fused-ring (bicyclic) bond motifs is 2. The first-order valence-corrected chi connectivity index (χ1v) is 8.62. The molecule has 0 saturated heterocycles. The summed E-state index contributed by atoms with van der Waals surface area (Å²) in [6.45, 7) is 2.41. The highest BCUT2D eigenvalue weighted by Crippen LogP contribution is 2.25. The molecule has 1 aliphatic heterocycles. The summed E-state index contributed by atoms with van der Waals surface area (Å²) in [4.78, 5) is 23.4. The number of H-pyrrole nitrogens is 3. The first kappa shape index (κ1) is 14.9. The first-order valence-electron chi connectivity index (χ1n) is 7.42. The lowest BCUT2D eigenvalue weighted by Gasteiger charge is -2.27. The predicted molar refractivity (Wildman–Crippen MR) is 96.1 cm³/mol. The fraction of sp³-hybridized carbons (Fsp3) is 0.250. The topological polar surface area (TPSA) is 67.7 Å². The lowest BCUT2D eigenvalue weighted by atomic mass is 10.1. The molecule has 1 aliphatic rings. The number of hydrogen-bond acceptors (Lipinski definition) is 3. The van der Waals surface area contributed by atoms with Crippen molar-refractivity contribution in [3.05, 3.63) is 60.8 Å². The van der Waals surface area contributed by atoms with Crippen LogP contribution < -0.4 is 5.56 Å². The smallest absolute Gasteiger partial charge is 0.255 e. The Bertz CT molecular complexity index is 1000. The number of halogens is 1. The monoisotopic (exact) mass is 390 g/mol. The van der Waals surface area contributed by atoms with E-state index in [2.05, 4.69) is 54.1 Å². The van der Waals surface area contributed by atoms with Crippen LogP contribution in [-0.4, -0.2) is 26.4 Å². The van der Waals surface area contributed by atoms with Gasteiger partial charge in [-0.1, -0.05) is 15.9 Å². The molecule has 0 unspecified atom stereocenters. The van der Waals surface area contributed by atoms with Gasteiger partial charge in [0.05, 0.1) is 0 Å². The van der Waals surface area contributed by atoms with Gasteiger partial charge in [-0.05, 0) is 42.4 Å². The number of benzene rings is 1. The number of rotatable bonds is 2. The standard InChI is InChI=1S/C16H15BrN4OS/c17-10-1-2-13-12(5-10)9(6-18-13)7-21-4-3-11-14(8-21)19-16(23)20-15(11)22/h1-2,5-6,18H,3-4,7-8H2,(H2,19,20,22,23). The molecular weight excluding hydrogens is 376 g/mol. The molecular formula is C16H15BrN4OS. The number of aromatic nitrogens is 3. The minimum Gasteiger partial charge on any atom is -0.361 e. The maximum atomic E-state index is 11.9. The lowest BCUT2D eigenvalue weighted by Crippen LogP contribution is -2.34. The molecule has 3 heterocycles. The van der Waals surface area contributed by atoms with Gasteiger partial charge in [0.15, 0.2) is 4.77 Å².